The summed E-state index contributed by atoms with van der Waals surface area (Å²) in [5, 5.41) is 0. The van der Waals surface area contributed by atoms with Gasteiger partial charge in [-0.3, -0.25) is 0 Å². The van der Waals surface area contributed by atoms with Crippen LogP contribution in [-0.2, 0) is 0 Å². The number of hydrogen-bond acceptors (Lipinski definition) is 3. The van der Waals surface area contributed by atoms with Crippen molar-refractivity contribution < 1.29 is 27.0 Å². The van der Waals surface area contributed by atoms with Gasteiger partial charge < -0.3 is 9.47 Å². The Morgan fingerprint density at radius 2 is 1.62 bits per heavy atom. The number of halogens is 4. The van der Waals surface area contributed by atoms with E-state index in [1.54, 1.807) is 12.1 Å². The van der Waals surface area contributed by atoms with Crippen molar-refractivity contribution in [1.82, 2.24) is 0 Å². The highest BCUT2D eigenvalue weighted by Gasteiger charge is 2.23. The second-order valence-corrected chi connectivity index (χ2v) is 5.29. The topological polar surface area (TPSA) is 18.5 Å². The van der Waals surface area contributed by atoms with Gasteiger partial charge in [-0.05, 0) is 24.3 Å². The van der Waals surface area contributed by atoms with Gasteiger partial charge in [-0.2, -0.15) is 4.39 Å². The van der Waals surface area contributed by atoms with Gasteiger partial charge in [0.2, 0.25) is 0 Å². The van der Waals surface area contributed by atoms with E-state index >= 15 is 0 Å². The highest BCUT2D eigenvalue weighted by Crippen LogP contribution is 2.48. The molecule has 0 amide bonds. The molecule has 0 saturated heterocycles. The van der Waals surface area contributed by atoms with E-state index in [4.69, 9.17) is 4.74 Å². The number of benzene rings is 2. The largest absolute Gasteiger partial charge is 0.455 e. The lowest BCUT2D eigenvalue weighted by molar-refractivity contribution is -0.0669. The fourth-order valence-electron chi connectivity index (χ4n) is 1.79. The first-order chi connectivity index (χ1) is 10.0. The molecule has 0 spiro atoms. The summed E-state index contributed by atoms with van der Waals surface area (Å²) in [6.45, 7) is 0. The lowest BCUT2D eigenvalue weighted by Crippen LogP contribution is -2.19. The van der Waals surface area contributed by atoms with Crippen LogP contribution in [0.1, 0.15) is 0 Å². The average molecular weight is 316 g/mol. The number of fused-ring (bicyclic) bond motifs is 2. The highest BCUT2D eigenvalue weighted by atomic mass is 32.2. The van der Waals surface area contributed by atoms with Gasteiger partial charge >= 0.3 is 6.43 Å². The Labute approximate surface area is 121 Å². The molecule has 0 aliphatic carbocycles. The summed E-state index contributed by atoms with van der Waals surface area (Å²) in [5.74, 6) is 0.0844. The summed E-state index contributed by atoms with van der Waals surface area (Å²) in [6, 6.07) is 8.35. The fourth-order valence-corrected chi connectivity index (χ4v) is 2.70. The zero-order chi connectivity index (χ0) is 15.0. The first kappa shape index (κ1) is 14.1. The van der Waals surface area contributed by atoms with Gasteiger partial charge in [0, 0.05) is 12.1 Å². The molecule has 1 atom stereocenters. The van der Waals surface area contributed by atoms with Crippen LogP contribution < -0.4 is 9.47 Å². The molecular formula is C14H8F4O2S. The van der Waals surface area contributed by atoms with Gasteiger partial charge in [-0.25, -0.2) is 13.2 Å². The third-order valence-corrected chi connectivity index (χ3v) is 3.82. The molecule has 0 bridgehead atoms. The first-order valence-corrected chi connectivity index (χ1v) is 6.73. The van der Waals surface area contributed by atoms with Crippen LogP contribution >= 0.6 is 11.8 Å². The Bertz CT molecular complexity index is 678. The van der Waals surface area contributed by atoms with Crippen molar-refractivity contribution in [2.45, 2.75) is 22.6 Å². The van der Waals surface area contributed by atoms with Crippen LogP contribution in [0.15, 0.2) is 46.2 Å². The van der Waals surface area contributed by atoms with Crippen LogP contribution in [0.4, 0.5) is 17.6 Å². The third kappa shape index (κ3) is 2.92. The quantitative estimate of drug-likeness (QED) is 0.632. The zero-order valence-electron chi connectivity index (χ0n) is 10.4. The van der Waals surface area contributed by atoms with E-state index in [1.807, 2.05) is 0 Å². The van der Waals surface area contributed by atoms with Crippen molar-refractivity contribution >= 4 is 11.8 Å². The normalized spacial score (nSPS) is 14.1. The van der Waals surface area contributed by atoms with Crippen molar-refractivity contribution in [3.8, 4) is 17.2 Å². The smallest absolute Gasteiger partial charge is 0.304 e. The predicted molar refractivity (Wildman–Crippen MR) is 68.6 cm³/mol. The van der Waals surface area contributed by atoms with E-state index in [0.717, 1.165) is 4.90 Å². The molecule has 2 aromatic rings. The highest BCUT2D eigenvalue weighted by molar-refractivity contribution is 7.99. The Morgan fingerprint density at radius 1 is 0.952 bits per heavy atom. The zero-order valence-corrected chi connectivity index (χ0v) is 11.2. The number of alkyl halides is 3. The average Bonchev–Trinajstić information content (AvgIpc) is 2.45. The number of hydrogen-bond donors (Lipinski definition) is 0. The molecule has 0 aromatic heterocycles. The molecule has 3 rings (SSSR count). The SMILES string of the molecule is Fc1ccc2c(c1)Oc1cc(OC(F)C(F)F)ccc1S2. The number of ether oxygens (including phenoxy) is 2. The van der Waals surface area contributed by atoms with Crippen molar-refractivity contribution in [2.24, 2.45) is 0 Å². The number of rotatable bonds is 3. The molecule has 7 heteroatoms. The van der Waals surface area contributed by atoms with Gasteiger partial charge in [0.05, 0.1) is 9.79 Å². The maximum Gasteiger partial charge on any atom is 0.304 e. The second kappa shape index (κ2) is 5.48. The van der Waals surface area contributed by atoms with E-state index in [9.17, 15) is 17.6 Å². The molecule has 0 fully saturated rings. The predicted octanol–water partition coefficient (Wildman–Crippen LogP) is 5.02. The molecule has 1 heterocycles. The molecular weight excluding hydrogens is 308 g/mol. The van der Waals surface area contributed by atoms with E-state index in [-0.39, 0.29) is 5.75 Å². The summed E-state index contributed by atoms with van der Waals surface area (Å²) in [4.78, 5) is 1.43. The monoisotopic (exact) mass is 316 g/mol. The van der Waals surface area contributed by atoms with Crippen LogP contribution in [0.25, 0.3) is 0 Å². The molecule has 1 aliphatic heterocycles. The Hall–Kier alpha value is -1.89. The van der Waals surface area contributed by atoms with Gasteiger partial charge in [0.1, 0.15) is 23.1 Å². The van der Waals surface area contributed by atoms with Crippen molar-refractivity contribution in [1.29, 1.82) is 0 Å². The van der Waals surface area contributed by atoms with E-state index in [0.29, 0.717) is 16.4 Å². The fraction of sp³-hybridized carbons (Fsp3) is 0.143. The van der Waals surface area contributed by atoms with Crippen LogP contribution in [0, 0.1) is 5.82 Å². The summed E-state index contributed by atoms with van der Waals surface area (Å²) in [6.07, 6.45) is -5.94. The molecule has 0 saturated carbocycles. The van der Waals surface area contributed by atoms with Crippen LogP contribution in [0.5, 0.6) is 17.2 Å². The lowest BCUT2D eigenvalue weighted by Gasteiger charge is -2.20. The van der Waals surface area contributed by atoms with E-state index < -0.39 is 18.6 Å². The second-order valence-electron chi connectivity index (χ2n) is 4.21. The maximum atomic E-state index is 13.2. The van der Waals surface area contributed by atoms with Crippen molar-refractivity contribution in [2.75, 3.05) is 0 Å². The summed E-state index contributed by atoms with van der Waals surface area (Å²) in [7, 11) is 0. The first-order valence-electron chi connectivity index (χ1n) is 5.91. The standard InChI is InChI=1S/C14H8F4O2S/c15-7-1-3-11-9(5-7)20-10-6-8(2-4-12(10)21-11)19-14(18)13(16)17/h1-6,13-14H. The Morgan fingerprint density at radius 3 is 2.33 bits per heavy atom. The minimum atomic E-state index is -3.23. The summed E-state index contributed by atoms with van der Waals surface area (Å²) >= 11 is 1.34. The Kier molecular flexibility index (Phi) is 3.67. The molecule has 2 aromatic carbocycles. The molecule has 1 aliphatic rings. The minimum Gasteiger partial charge on any atom is -0.455 e. The molecule has 2 nitrogen and oxygen atoms in total. The third-order valence-electron chi connectivity index (χ3n) is 2.71. The Balaban J connectivity index is 1.86. The molecule has 21 heavy (non-hydrogen) atoms. The lowest BCUT2D eigenvalue weighted by atomic mass is 10.3. The van der Waals surface area contributed by atoms with Crippen LogP contribution in [0.3, 0.4) is 0 Å². The van der Waals surface area contributed by atoms with Crippen LogP contribution in [-0.4, -0.2) is 12.8 Å². The maximum absolute atomic E-state index is 13.2. The van der Waals surface area contributed by atoms with Crippen molar-refractivity contribution in [3.05, 3.63) is 42.2 Å². The van der Waals surface area contributed by atoms with Gasteiger partial charge in [0.15, 0.2) is 0 Å². The summed E-state index contributed by atoms with van der Waals surface area (Å²) in [5.41, 5.74) is 0. The molecule has 0 radical (unpaired) electrons. The van der Waals surface area contributed by atoms with E-state index in [2.05, 4.69) is 4.74 Å². The van der Waals surface area contributed by atoms with Gasteiger partial charge in [-0.1, -0.05) is 11.8 Å². The van der Waals surface area contributed by atoms with E-state index in [1.165, 1.54) is 36.0 Å². The molecule has 110 valence electrons. The molecule has 1 unspecified atom stereocenters. The van der Waals surface area contributed by atoms with Gasteiger partial charge in [0.25, 0.3) is 6.36 Å². The summed E-state index contributed by atoms with van der Waals surface area (Å²) < 4.78 is 60.2. The van der Waals surface area contributed by atoms with Gasteiger partial charge in [-0.15, -0.1) is 0 Å². The molecule has 0 N–H and O–H groups in total. The minimum absolute atomic E-state index is 0.0815. The van der Waals surface area contributed by atoms with Crippen molar-refractivity contribution in [3.63, 3.8) is 0 Å². The van der Waals surface area contributed by atoms with Crippen LogP contribution in [0.2, 0.25) is 0 Å².